The lowest BCUT2D eigenvalue weighted by Gasteiger charge is -2.44. The standard InChI is InChI=1S/C18H26O5/c1-10(2)12-5-6-18(20,9-19)17-15(12)16-13(22-4)7-11(21-3)8-14(16)23-17/h7-8,10,12,15,17,19-20H,5-6,9H2,1-4H3/t12-,15+,17-,18+/m1/s1. The van der Waals surface area contributed by atoms with Gasteiger partial charge in [0.2, 0.25) is 0 Å². The summed E-state index contributed by atoms with van der Waals surface area (Å²) in [6, 6.07) is 3.69. The van der Waals surface area contributed by atoms with E-state index >= 15 is 0 Å². The highest BCUT2D eigenvalue weighted by molar-refractivity contribution is 5.56. The van der Waals surface area contributed by atoms with Crippen molar-refractivity contribution in [3.8, 4) is 17.2 Å². The Bertz CT molecular complexity index is 585. The van der Waals surface area contributed by atoms with Crippen molar-refractivity contribution in [1.29, 1.82) is 0 Å². The number of hydrogen-bond donors (Lipinski definition) is 2. The first-order chi connectivity index (χ1) is 10.9. The summed E-state index contributed by atoms with van der Waals surface area (Å²) in [5.41, 5.74) is -0.226. The van der Waals surface area contributed by atoms with Crippen LogP contribution in [0.5, 0.6) is 17.2 Å². The van der Waals surface area contributed by atoms with Crippen LogP contribution < -0.4 is 14.2 Å². The van der Waals surface area contributed by atoms with Gasteiger partial charge in [0.25, 0.3) is 0 Å². The molecule has 0 aromatic heterocycles. The van der Waals surface area contributed by atoms with Crippen molar-refractivity contribution >= 4 is 0 Å². The summed E-state index contributed by atoms with van der Waals surface area (Å²) in [6.07, 6.45) is 0.944. The Kier molecular flexibility index (Phi) is 4.19. The molecule has 1 aliphatic heterocycles. The second-order valence-corrected chi connectivity index (χ2v) is 7.01. The van der Waals surface area contributed by atoms with Crippen LogP contribution in [0.25, 0.3) is 0 Å². The van der Waals surface area contributed by atoms with Gasteiger partial charge in [-0.25, -0.2) is 0 Å². The Labute approximate surface area is 137 Å². The molecule has 0 unspecified atom stereocenters. The quantitative estimate of drug-likeness (QED) is 0.890. The maximum atomic E-state index is 10.9. The summed E-state index contributed by atoms with van der Waals surface area (Å²) >= 11 is 0. The predicted octanol–water partition coefficient (Wildman–Crippen LogP) is 2.34. The van der Waals surface area contributed by atoms with Crippen LogP contribution in [0.2, 0.25) is 0 Å². The lowest BCUT2D eigenvalue weighted by atomic mass is 9.64. The highest BCUT2D eigenvalue weighted by Gasteiger charge is 2.55. The molecule has 2 aliphatic rings. The lowest BCUT2D eigenvalue weighted by Crippen LogP contribution is -2.55. The van der Waals surface area contributed by atoms with Gasteiger partial charge < -0.3 is 24.4 Å². The van der Waals surface area contributed by atoms with Gasteiger partial charge in [-0.2, -0.15) is 0 Å². The Morgan fingerprint density at radius 3 is 2.61 bits per heavy atom. The van der Waals surface area contributed by atoms with Crippen molar-refractivity contribution in [1.82, 2.24) is 0 Å². The van der Waals surface area contributed by atoms with E-state index in [0.29, 0.717) is 29.8 Å². The number of aliphatic hydroxyl groups is 2. The fourth-order valence-corrected chi connectivity index (χ4v) is 4.19. The van der Waals surface area contributed by atoms with E-state index in [9.17, 15) is 10.2 Å². The molecule has 1 fully saturated rings. The van der Waals surface area contributed by atoms with E-state index in [1.165, 1.54) is 0 Å². The Morgan fingerprint density at radius 1 is 1.30 bits per heavy atom. The van der Waals surface area contributed by atoms with Crippen molar-refractivity contribution < 1.29 is 24.4 Å². The molecule has 1 saturated carbocycles. The van der Waals surface area contributed by atoms with Crippen LogP contribution in [-0.2, 0) is 0 Å². The minimum atomic E-state index is -1.21. The SMILES string of the molecule is COc1cc(OC)c2c(c1)O[C@@H]1[C@H]2[C@@H](C(C)C)CC[C@]1(O)CO. The van der Waals surface area contributed by atoms with E-state index in [1.807, 2.05) is 12.1 Å². The van der Waals surface area contributed by atoms with Crippen molar-refractivity contribution in [3.63, 3.8) is 0 Å². The maximum absolute atomic E-state index is 10.9. The predicted molar refractivity (Wildman–Crippen MR) is 86.3 cm³/mol. The first-order valence-electron chi connectivity index (χ1n) is 8.21. The molecule has 1 aromatic carbocycles. The first kappa shape index (κ1) is 16.4. The van der Waals surface area contributed by atoms with E-state index in [0.717, 1.165) is 17.7 Å². The molecule has 1 heterocycles. The number of fused-ring (bicyclic) bond motifs is 3. The Balaban J connectivity index is 2.13. The molecule has 0 bridgehead atoms. The van der Waals surface area contributed by atoms with Gasteiger partial charge in [-0.15, -0.1) is 0 Å². The number of hydrogen-bond acceptors (Lipinski definition) is 5. The monoisotopic (exact) mass is 322 g/mol. The molecular formula is C18H26O5. The number of benzene rings is 1. The molecule has 0 spiro atoms. The molecule has 0 saturated heterocycles. The van der Waals surface area contributed by atoms with Crippen LogP contribution in [0.3, 0.4) is 0 Å². The van der Waals surface area contributed by atoms with Crippen LogP contribution in [0.4, 0.5) is 0 Å². The summed E-state index contributed by atoms with van der Waals surface area (Å²) in [5.74, 6) is 2.91. The second-order valence-electron chi connectivity index (χ2n) is 7.01. The molecule has 0 radical (unpaired) electrons. The third-order valence-corrected chi connectivity index (χ3v) is 5.48. The number of aliphatic hydroxyl groups excluding tert-OH is 1. The number of rotatable bonds is 4. The van der Waals surface area contributed by atoms with E-state index in [1.54, 1.807) is 14.2 Å². The van der Waals surface area contributed by atoms with Crippen molar-refractivity contribution in [2.75, 3.05) is 20.8 Å². The fourth-order valence-electron chi connectivity index (χ4n) is 4.19. The molecule has 2 N–H and O–H groups in total. The first-order valence-corrected chi connectivity index (χ1v) is 8.21. The molecule has 5 nitrogen and oxygen atoms in total. The molecule has 0 amide bonds. The van der Waals surface area contributed by atoms with Gasteiger partial charge in [0, 0.05) is 23.6 Å². The van der Waals surface area contributed by atoms with Gasteiger partial charge in [0.1, 0.15) is 29.0 Å². The molecule has 5 heteroatoms. The zero-order chi connectivity index (χ0) is 16.8. The third kappa shape index (κ3) is 2.46. The van der Waals surface area contributed by atoms with Crippen LogP contribution in [-0.4, -0.2) is 42.7 Å². The Hall–Kier alpha value is -1.46. The van der Waals surface area contributed by atoms with Gasteiger partial charge in [-0.1, -0.05) is 13.8 Å². The van der Waals surface area contributed by atoms with Crippen molar-refractivity contribution in [3.05, 3.63) is 17.7 Å². The van der Waals surface area contributed by atoms with Crippen LogP contribution in [0.1, 0.15) is 38.2 Å². The summed E-state index contributed by atoms with van der Waals surface area (Å²) in [5, 5.41) is 20.6. The summed E-state index contributed by atoms with van der Waals surface area (Å²) in [6.45, 7) is 4.09. The van der Waals surface area contributed by atoms with Gasteiger partial charge in [-0.3, -0.25) is 0 Å². The average molecular weight is 322 g/mol. The molecule has 4 atom stereocenters. The van der Waals surface area contributed by atoms with Crippen LogP contribution in [0, 0.1) is 11.8 Å². The summed E-state index contributed by atoms with van der Waals surface area (Å²) in [4.78, 5) is 0. The zero-order valence-corrected chi connectivity index (χ0v) is 14.2. The van der Waals surface area contributed by atoms with Gasteiger partial charge >= 0.3 is 0 Å². The molecular weight excluding hydrogens is 296 g/mol. The van der Waals surface area contributed by atoms with Gasteiger partial charge in [-0.05, 0) is 24.7 Å². The second kappa shape index (κ2) is 5.87. The van der Waals surface area contributed by atoms with E-state index < -0.39 is 11.7 Å². The Morgan fingerprint density at radius 2 is 2.04 bits per heavy atom. The van der Waals surface area contributed by atoms with Crippen molar-refractivity contribution in [2.45, 2.75) is 44.3 Å². The lowest BCUT2D eigenvalue weighted by molar-refractivity contribution is -0.129. The summed E-state index contributed by atoms with van der Waals surface area (Å²) in [7, 11) is 3.23. The van der Waals surface area contributed by atoms with E-state index in [4.69, 9.17) is 14.2 Å². The highest BCUT2D eigenvalue weighted by Crippen LogP contribution is 2.57. The average Bonchev–Trinajstić information content (AvgIpc) is 2.94. The molecule has 128 valence electrons. The topological polar surface area (TPSA) is 68.2 Å². The largest absolute Gasteiger partial charge is 0.496 e. The maximum Gasteiger partial charge on any atom is 0.137 e. The van der Waals surface area contributed by atoms with Gasteiger partial charge in [0.05, 0.1) is 20.8 Å². The van der Waals surface area contributed by atoms with Crippen molar-refractivity contribution in [2.24, 2.45) is 11.8 Å². The number of ether oxygens (including phenoxy) is 3. The minimum Gasteiger partial charge on any atom is -0.496 e. The highest BCUT2D eigenvalue weighted by atomic mass is 16.5. The number of methoxy groups -OCH3 is 2. The molecule has 23 heavy (non-hydrogen) atoms. The smallest absolute Gasteiger partial charge is 0.137 e. The van der Waals surface area contributed by atoms with Gasteiger partial charge in [0.15, 0.2) is 0 Å². The fraction of sp³-hybridized carbons (Fsp3) is 0.667. The van der Waals surface area contributed by atoms with Crippen LogP contribution >= 0.6 is 0 Å². The third-order valence-electron chi connectivity index (χ3n) is 5.48. The minimum absolute atomic E-state index is 0.0109. The van der Waals surface area contributed by atoms with E-state index in [2.05, 4.69) is 13.8 Å². The normalized spacial score (nSPS) is 32.2. The molecule has 1 aliphatic carbocycles. The van der Waals surface area contributed by atoms with Crippen LogP contribution in [0.15, 0.2) is 12.1 Å². The summed E-state index contributed by atoms with van der Waals surface area (Å²) < 4.78 is 17.0. The van der Waals surface area contributed by atoms with E-state index in [-0.39, 0.29) is 12.5 Å². The molecule has 1 aromatic rings. The zero-order valence-electron chi connectivity index (χ0n) is 14.2. The molecule has 3 rings (SSSR count).